The normalized spacial score (nSPS) is 12.9. The van der Waals surface area contributed by atoms with Crippen LogP contribution in [0.5, 0.6) is 5.75 Å². The van der Waals surface area contributed by atoms with Crippen LogP contribution in [0.1, 0.15) is 53.5 Å². The maximum atomic E-state index is 14.2. The van der Waals surface area contributed by atoms with Gasteiger partial charge in [0.25, 0.3) is 5.91 Å². The van der Waals surface area contributed by atoms with Crippen molar-refractivity contribution in [1.82, 2.24) is 10.2 Å². The lowest BCUT2D eigenvalue weighted by Gasteiger charge is -2.34. The minimum absolute atomic E-state index is 0.0233. The number of rotatable bonds is 13. The first kappa shape index (κ1) is 30.6. The number of anilines is 1. The van der Waals surface area contributed by atoms with Crippen molar-refractivity contribution in [3.8, 4) is 5.75 Å². The fourth-order valence-corrected chi connectivity index (χ4v) is 5.67. The summed E-state index contributed by atoms with van der Waals surface area (Å²) >= 11 is 0. The first-order chi connectivity index (χ1) is 19.0. The third kappa shape index (κ3) is 8.56. The molecule has 0 heterocycles. The lowest BCUT2D eigenvalue weighted by Crippen LogP contribution is -2.52. The summed E-state index contributed by atoms with van der Waals surface area (Å²) in [5, 5.41) is 7.12. The molecule has 40 heavy (non-hydrogen) atoms. The van der Waals surface area contributed by atoms with Crippen molar-refractivity contribution in [1.29, 1.82) is 0 Å². The van der Waals surface area contributed by atoms with E-state index in [2.05, 4.69) is 5.32 Å². The molecule has 0 saturated carbocycles. The lowest BCUT2D eigenvalue weighted by molar-refractivity contribution is -0.134. The highest BCUT2D eigenvalue weighted by molar-refractivity contribution is 7.89. The van der Waals surface area contributed by atoms with Crippen molar-refractivity contribution < 1.29 is 22.7 Å². The highest BCUT2D eigenvalue weighted by atomic mass is 32.2. The van der Waals surface area contributed by atoms with Crippen LogP contribution in [0.15, 0.2) is 78.9 Å². The van der Waals surface area contributed by atoms with E-state index in [9.17, 15) is 18.0 Å². The molecule has 3 rings (SSSR count). The number of nitrogen functional groups attached to an aromatic ring is 1. The number of nitrogens with zero attached hydrogens (tertiary/aromatic N) is 1. The molecule has 0 aliphatic carbocycles. The number of nitrogens with one attached hydrogen (secondary N) is 1. The fourth-order valence-electron chi connectivity index (χ4n) is 4.57. The second kappa shape index (κ2) is 14.0. The number of ether oxygens (including phenoxy) is 1. The molecule has 0 spiro atoms. The molecule has 0 aromatic heterocycles. The van der Waals surface area contributed by atoms with Crippen LogP contribution in [-0.2, 0) is 21.2 Å². The van der Waals surface area contributed by atoms with E-state index in [-0.39, 0.29) is 12.5 Å². The number of benzene rings is 3. The zero-order chi connectivity index (χ0) is 29.3. The van der Waals surface area contributed by atoms with E-state index in [1.165, 1.54) is 18.1 Å². The third-order valence-electron chi connectivity index (χ3n) is 6.44. The van der Waals surface area contributed by atoms with Gasteiger partial charge in [0.2, 0.25) is 15.9 Å². The molecule has 0 aliphatic heterocycles. The van der Waals surface area contributed by atoms with Crippen molar-refractivity contribution in [2.75, 3.05) is 19.4 Å². The van der Waals surface area contributed by atoms with E-state index in [1.807, 2.05) is 44.2 Å². The highest BCUT2D eigenvalue weighted by Gasteiger charge is 2.37. The average Bonchev–Trinajstić information content (AvgIpc) is 2.91. The molecule has 2 amide bonds. The van der Waals surface area contributed by atoms with Crippen molar-refractivity contribution >= 4 is 27.5 Å². The third-order valence-corrected chi connectivity index (χ3v) is 7.59. The molecule has 3 aromatic carbocycles. The second-order valence-electron chi connectivity index (χ2n) is 10.1. The molecule has 214 valence electrons. The Hall–Kier alpha value is -3.89. The van der Waals surface area contributed by atoms with Crippen molar-refractivity contribution in [2.45, 2.75) is 44.5 Å². The monoisotopic (exact) mass is 566 g/mol. The second-order valence-corrected chi connectivity index (χ2v) is 11.7. The van der Waals surface area contributed by atoms with E-state index >= 15 is 0 Å². The Kier molecular flexibility index (Phi) is 10.7. The van der Waals surface area contributed by atoms with E-state index < -0.39 is 33.3 Å². The molecule has 0 bridgehead atoms. The average molecular weight is 567 g/mol. The quantitative estimate of drug-likeness (QED) is 0.268. The molecular formula is C30H38N4O5S. The standard InChI is InChI=1S/C30H38N4O5S/c1-21(2)19-27(33-28(35)24-12-7-13-25(31)20-24)29(36)34(18-8-11-22-9-5-4-6-10-22)30(40(32,37)38)23-14-16-26(39-3)17-15-23/h4-7,9-10,12-17,20-21,27,30H,8,11,18-19,31H2,1-3H3,(H,33,35)(H2,32,37,38)/t27-,30?/m0/s1. The van der Waals surface area contributed by atoms with Gasteiger partial charge in [-0.15, -0.1) is 0 Å². The molecule has 5 N–H and O–H groups in total. The summed E-state index contributed by atoms with van der Waals surface area (Å²) in [5.41, 5.74) is 7.94. The number of carbonyl (C=O) groups excluding carboxylic acids is 2. The van der Waals surface area contributed by atoms with Crippen LogP contribution in [-0.4, -0.2) is 44.8 Å². The topological polar surface area (TPSA) is 145 Å². The number of sulfonamides is 1. The number of aryl methyl sites for hydroxylation is 1. The Morgan fingerprint density at radius 2 is 1.65 bits per heavy atom. The van der Waals surface area contributed by atoms with Gasteiger partial charge in [-0.2, -0.15) is 0 Å². The zero-order valence-electron chi connectivity index (χ0n) is 23.1. The highest BCUT2D eigenvalue weighted by Crippen LogP contribution is 2.29. The Bertz CT molecular complexity index is 1380. The summed E-state index contributed by atoms with van der Waals surface area (Å²) in [4.78, 5) is 28.6. The molecule has 1 unspecified atom stereocenters. The number of primary sulfonamides is 1. The maximum Gasteiger partial charge on any atom is 0.252 e. The van der Waals surface area contributed by atoms with Gasteiger partial charge in [0.1, 0.15) is 11.8 Å². The van der Waals surface area contributed by atoms with E-state index in [0.29, 0.717) is 41.8 Å². The van der Waals surface area contributed by atoms with Crippen molar-refractivity contribution in [3.63, 3.8) is 0 Å². The summed E-state index contributed by atoms with van der Waals surface area (Å²) in [6, 6.07) is 21.5. The van der Waals surface area contributed by atoms with Gasteiger partial charge in [0, 0.05) is 17.8 Å². The summed E-state index contributed by atoms with van der Waals surface area (Å²) in [6.45, 7) is 3.95. The molecular weight excluding hydrogens is 528 g/mol. The molecule has 0 fully saturated rings. The molecule has 9 nitrogen and oxygen atoms in total. The minimum Gasteiger partial charge on any atom is -0.497 e. The van der Waals surface area contributed by atoms with E-state index in [4.69, 9.17) is 15.6 Å². The first-order valence-corrected chi connectivity index (χ1v) is 14.8. The SMILES string of the molecule is COc1ccc(C(N(CCCc2ccccc2)C(=O)[C@H](CC(C)C)NC(=O)c2cccc(N)c2)S(N)(=O)=O)cc1. The number of hydrogen-bond acceptors (Lipinski definition) is 6. The van der Waals surface area contributed by atoms with Crippen LogP contribution in [0.2, 0.25) is 0 Å². The summed E-state index contributed by atoms with van der Waals surface area (Å²) in [6.07, 6.45) is 1.40. The Morgan fingerprint density at radius 3 is 2.23 bits per heavy atom. The van der Waals surface area contributed by atoms with Gasteiger partial charge in [0.15, 0.2) is 5.37 Å². The summed E-state index contributed by atoms with van der Waals surface area (Å²) in [7, 11) is -2.78. The van der Waals surface area contributed by atoms with Gasteiger partial charge < -0.3 is 20.7 Å². The molecule has 3 aromatic rings. The number of methoxy groups -OCH3 is 1. The Morgan fingerprint density at radius 1 is 0.975 bits per heavy atom. The summed E-state index contributed by atoms with van der Waals surface area (Å²) in [5.74, 6) is -0.456. The van der Waals surface area contributed by atoms with E-state index in [1.54, 1.807) is 42.5 Å². The molecule has 10 heteroatoms. The van der Waals surface area contributed by atoms with Crippen molar-refractivity contribution in [2.24, 2.45) is 11.1 Å². The van der Waals surface area contributed by atoms with Crippen LogP contribution in [0.3, 0.4) is 0 Å². The maximum absolute atomic E-state index is 14.2. The lowest BCUT2D eigenvalue weighted by atomic mass is 10.0. The van der Waals surface area contributed by atoms with Crippen LogP contribution < -0.4 is 20.9 Å². The van der Waals surface area contributed by atoms with Crippen molar-refractivity contribution in [3.05, 3.63) is 95.6 Å². The first-order valence-electron chi connectivity index (χ1n) is 13.2. The van der Waals surface area contributed by atoms with Gasteiger partial charge >= 0.3 is 0 Å². The minimum atomic E-state index is -4.29. The number of carbonyl (C=O) groups is 2. The predicted molar refractivity (Wildman–Crippen MR) is 157 cm³/mol. The molecule has 0 radical (unpaired) electrons. The number of amides is 2. The van der Waals surface area contributed by atoms with Crippen LogP contribution in [0.25, 0.3) is 0 Å². The number of hydrogen-bond donors (Lipinski definition) is 3. The molecule has 2 atom stereocenters. The molecule has 0 aliphatic rings. The predicted octanol–water partition coefficient (Wildman–Crippen LogP) is 3.87. The largest absolute Gasteiger partial charge is 0.497 e. The fraction of sp³-hybridized carbons (Fsp3) is 0.333. The Labute approximate surface area is 236 Å². The van der Waals surface area contributed by atoms with E-state index in [0.717, 1.165) is 5.56 Å². The van der Waals surface area contributed by atoms with Gasteiger partial charge in [-0.3, -0.25) is 9.59 Å². The van der Waals surface area contributed by atoms with Crippen LogP contribution in [0.4, 0.5) is 5.69 Å². The zero-order valence-corrected chi connectivity index (χ0v) is 23.9. The Balaban J connectivity index is 1.99. The van der Waals surface area contributed by atoms with Gasteiger partial charge in [0.05, 0.1) is 7.11 Å². The molecule has 0 saturated heterocycles. The smallest absolute Gasteiger partial charge is 0.252 e. The number of nitrogens with two attached hydrogens (primary N) is 2. The van der Waals surface area contributed by atoms with Crippen LogP contribution >= 0.6 is 0 Å². The van der Waals surface area contributed by atoms with Gasteiger partial charge in [-0.1, -0.05) is 62.4 Å². The summed E-state index contributed by atoms with van der Waals surface area (Å²) < 4.78 is 31.3. The van der Waals surface area contributed by atoms with Crippen LogP contribution in [0, 0.1) is 5.92 Å². The van der Waals surface area contributed by atoms with Gasteiger partial charge in [-0.05, 0) is 66.6 Å². The van der Waals surface area contributed by atoms with Gasteiger partial charge in [-0.25, -0.2) is 13.6 Å².